The Morgan fingerprint density at radius 2 is 1.90 bits per heavy atom. The van der Waals surface area contributed by atoms with E-state index in [4.69, 9.17) is 9.47 Å². The minimum Gasteiger partial charge on any atom is -0.444 e. The quantitative estimate of drug-likeness (QED) is 0.329. The number of pyridine rings is 1. The molecule has 0 atom stereocenters. The molecular formula is C30H38FN7O4. The third kappa shape index (κ3) is 6.03. The van der Waals surface area contributed by atoms with E-state index in [0.29, 0.717) is 29.0 Å². The van der Waals surface area contributed by atoms with E-state index in [2.05, 4.69) is 20.3 Å². The first kappa shape index (κ1) is 29.3. The van der Waals surface area contributed by atoms with Crippen LogP contribution in [0.5, 0.6) is 0 Å². The van der Waals surface area contributed by atoms with E-state index in [1.54, 1.807) is 30.3 Å². The minimum atomic E-state index is -0.551. The van der Waals surface area contributed by atoms with E-state index < -0.39 is 17.3 Å². The molecule has 12 heteroatoms. The Hall–Kier alpha value is -4.19. The lowest BCUT2D eigenvalue weighted by molar-refractivity contribution is 0.0149. The predicted molar refractivity (Wildman–Crippen MR) is 158 cm³/mol. The lowest BCUT2D eigenvalue weighted by Gasteiger charge is -2.39. The fraction of sp³-hybridized carbons (Fsp3) is 0.467. The molecule has 3 aromatic heterocycles. The molecule has 0 unspecified atom stereocenters. The summed E-state index contributed by atoms with van der Waals surface area (Å²) >= 11 is 0. The number of methoxy groups -OCH3 is 1. The van der Waals surface area contributed by atoms with Crippen molar-refractivity contribution in [2.45, 2.75) is 58.8 Å². The number of carbonyl (C=O) groups excluding carboxylic acids is 2. The van der Waals surface area contributed by atoms with Gasteiger partial charge in [-0.25, -0.2) is 14.2 Å². The summed E-state index contributed by atoms with van der Waals surface area (Å²) in [7, 11) is 3.36. The first-order valence-electron chi connectivity index (χ1n) is 14.2. The zero-order chi connectivity index (χ0) is 30.2. The Kier molecular flexibility index (Phi) is 8.09. The summed E-state index contributed by atoms with van der Waals surface area (Å²) in [4.78, 5) is 34.5. The molecule has 1 aliphatic rings. The molecule has 11 nitrogen and oxygen atoms in total. The van der Waals surface area contributed by atoms with Crippen molar-refractivity contribution in [2.75, 3.05) is 37.0 Å². The molecule has 2 amide bonds. The van der Waals surface area contributed by atoms with E-state index in [0.717, 1.165) is 37.0 Å². The van der Waals surface area contributed by atoms with Crippen molar-refractivity contribution in [3.8, 4) is 0 Å². The number of aryl methyl sites for hydroxylation is 1. The van der Waals surface area contributed by atoms with Crippen molar-refractivity contribution in [3.05, 3.63) is 53.9 Å². The predicted octanol–water partition coefficient (Wildman–Crippen LogP) is 4.98. The van der Waals surface area contributed by atoms with E-state index >= 15 is 0 Å². The molecule has 1 aliphatic heterocycles. The summed E-state index contributed by atoms with van der Waals surface area (Å²) in [6.07, 6.45) is 6.50. The van der Waals surface area contributed by atoms with Crippen LogP contribution >= 0.6 is 0 Å². The molecule has 5 rings (SSSR count). The van der Waals surface area contributed by atoms with Crippen LogP contribution in [0.1, 0.15) is 56.6 Å². The van der Waals surface area contributed by atoms with Crippen molar-refractivity contribution in [1.82, 2.24) is 24.1 Å². The number of hydrogen-bond donors (Lipinski definition) is 1. The minimum absolute atomic E-state index is 0.0920. The van der Waals surface area contributed by atoms with Crippen LogP contribution in [-0.2, 0) is 23.1 Å². The van der Waals surface area contributed by atoms with Gasteiger partial charge in [-0.15, -0.1) is 0 Å². The van der Waals surface area contributed by atoms with Gasteiger partial charge >= 0.3 is 6.09 Å². The fourth-order valence-electron chi connectivity index (χ4n) is 5.53. The highest BCUT2D eigenvalue weighted by atomic mass is 19.1. The van der Waals surface area contributed by atoms with Crippen LogP contribution in [0.2, 0.25) is 0 Å². The van der Waals surface area contributed by atoms with Crippen molar-refractivity contribution >= 4 is 39.9 Å². The lowest BCUT2D eigenvalue weighted by Crippen LogP contribution is -2.48. The van der Waals surface area contributed by atoms with Crippen LogP contribution in [0.4, 0.5) is 20.6 Å². The van der Waals surface area contributed by atoms with Crippen LogP contribution in [0.3, 0.4) is 0 Å². The van der Waals surface area contributed by atoms with Crippen molar-refractivity contribution < 1.29 is 23.5 Å². The molecule has 1 aromatic carbocycles. The normalized spacial score (nSPS) is 14.5. The van der Waals surface area contributed by atoms with Crippen LogP contribution in [0.15, 0.2) is 36.8 Å². The molecule has 4 aromatic rings. The van der Waals surface area contributed by atoms with Crippen LogP contribution in [0, 0.1) is 5.82 Å². The van der Waals surface area contributed by atoms with Gasteiger partial charge in [0.1, 0.15) is 11.1 Å². The topological polar surface area (TPSA) is 106 Å². The molecule has 0 bridgehead atoms. The molecule has 42 heavy (non-hydrogen) atoms. The molecule has 0 saturated carbocycles. The van der Waals surface area contributed by atoms with Gasteiger partial charge in [0.15, 0.2) is 11.5 Å². The second-order valence-electron chi connectivity index (χ2n) is 11.6. The van der Waals surface area contributed by atoms with Crippen LogP contribution in [-0.4, -0.2) is 74.5 Å². The fourth-order valence-corrected chi connectivity index (χ4v) is 5.53. The molecule has 0 spiro atoms. The Morgan fingerprint density at radius 1 is 1.17 bits per heavy atom. The highest BCUT2D eigenvalue weighted by Gasteiger charge is 2.31. The smallest absolute Gasteiger partial charge is 0.410 e. The number of rotatable bonds is 7. The second kappa shape index (κ2) is 11.6. The molecule has 1 N–H and O–H groups in total. The van der Waals surface area contributed by atoms with Gasteiger partial charge in [0, 0.05) is 75.6 Å². The highest BCUT2D eigenvalue weighted by Crippen LogP contribution is 2.32. The van der Waals surface area contributed by atoms with Crippen molar-refractivity contribution in [2.24, 2.45) is 7.05 Å². The number of carbonyl (C=O) groups is 2. The number of piperidine rings is 1. The zero-order valence-electron chi connectivity index (χ0n) is 25.0. The Labute approximate surface area is 244 Å². The van der Waals surface area contributed by atoms with E-state index in [1.807, 2.05) is 51.9 Å². The highest BCUT2D eigenvalue weighted by molar-refractivity contribution is 6.13. The number of amides is 2. The monoisotopic (exact) mass is 579 g/mol. The second-order valence-corrected chi connectivity index (χ2v) is 11.6. The van der Waals surface area contributed by atoms with Gasteiger partial charge in [-0.1, -0.05) is 0 Å². The van der Waals surface area contributed by atoms with Gasteiger partial charge in [-0.05, 0) is 52.7 Å². The number of nitrogens with zero attached hydrogens (tertiary/aromatic N) is 6. The number of hydrogen-bond acceptors (Lipinski definition) is 7. The summed E-state index contributed by atoms with van der Waals surface area (Å²) < 4.78 is 28.7. The Bertz CT molecular complexity index is 1620. The van der Waals surface area contributed by atoms with Crippen LogP contribution < -0.4 is 10.2 Å². The molecule has 1 saturated heterocycles. The first-order chi connectivity index (χ1) is 20.0. The average molecular weight is 580 g/mol. The molecular weight excluding hydrogens is 541 g/mol. The van der Waals surface area contributed by atoms with E-state index in [-0.39, 0.29) is 24.4 Å². The number of benzene rings is 1. The van der Waals surface area contributed by atoms with Gasteiger partial charge in [-0.2, -0.15) is 5.10 Å². The van der Waals surface area contributed by atoms with Gasteiger partial charge < -0.3 is 29.0 Å². The van der Waals surface area contributed by atoms with Gasteiger partial charge in [0.2, 0.25) is 0 Å². The summed E-state index contributed by atoms with van der Waals surface area (Å²) in [6.45, 7) is 9.93. The number of imidazole rings is 1. The summed E-state index contributed by atoms with van der Waals surface area (Å²) in [5.41, 5.74) is 2.43. The lowest BCUT2D eigenvalue weighted by atomic mass is 10.0. The number of aromatic nitrogens is 4. The maximum atomic E-state index is 14.8. The van der Waals surface area contributed by atoms with Gasteiger partial charge in [0.25, 0.3) is 5.91 Å². The van der Waals surface area contributed by atoms with E-state index in [9.17, 15) is 14.0 Å². The summed E-state index contributed by atoms with van der Waals surface area (Å²) in [5, 5.41) is 8.26. The number of nitrogens with one attached hydrogen (secondary N) is 1. The average Bonchev–Trinajstić information content (AvgIpc) is 3.51. The molecule has 0 aliphatic carbocycles. The summed E-state index contributed by atoms with van der Waals surface area (Å²) in [6, 6.07) is 5.03. The number of ether oxygens (including phenoxy) is 2. The van der Waals surface area contributed by atoms with Crippen molar-refractivity contribution in [3.63, 3.8) is 0 Å². The van der Waals surface area contributed by atoms with E-state index in [1.165, 1.54) is 10.5 Å². The van der Waals surface area contributed by atoms with Crippen molar-refractivity contribution in [1.29, 1.82) is 0 Å². The maximum absolute atomic E-state index is 14.8. The Morgan fingerprint density at radius 3 is 2.57 bits per heavy atom. The Balaban J connectivity index is 1.34. The van der Waals surface area contributed by atoms with Crippen LogP contribution in [0.25, 0.3) is 16.6 Å². The third-order valence-electron chi connectivity index (χ3n) is 7.33. The number of halogens is 1. The number of fused-ring (bicyclic) bond motifs is 2. The zero-order valence-corrected chi connectivity index (χ0v) is 25.0. The molecule has 224 valence electrons. The molecule has 0 radical (unpaired) electrons. The maximum Gasteiger partial charge on any atom is 0.410 e. The molecule has 1 fully saturated rings. The molecule has 4 heterocycles. The SMILES string of the molecule is CCN(C(=O)OC(C)(C)C)C1CCN(c2ccc(C(=O)Nc3cc(F)c4nc(COC)cn4c3)c3nn(C)cc23)CC1. The largest absolute Gasteiger partial charge is 0.444 e. The third-order valence-corrected chi connectivity index (χ3v) is 7.33. The van der Waals surface area contributed by atoms with Gasteiger partial charge in [-0.3, -0.25) is 9.48 Å². The number of anilines is 2. The van der Waals surface area contributed by atoms with Gasteiger partial charge in [0.05, 0.1) is 23.6 Å². The standard InChI is InChI=1S/C30H38FN7O4/c1-7-38(29(40)42-30(2,3)4)21-10-12-36(13-11-21)25-9-8-22(26-23(25)17-35(5)34-26)28(39)33-19-14-24(31)27-32-20(18-41-6)16-37(27)15-19/h8-9,14-17,21H,7,10-13,18H2,1-6H3,(H,33,39). The first-order valence-corrected chi connectivity index (χ1v) is 14.2. The summed E-state index contributed by atoms with van der Waals surface area (Å²) in [5.74, 6) is -0.943.